The number of hydrogen-bond acceptors (Lipinski definition) is 8. The summed E-state index contributed by atoms with van der Waals surface area (Å²) in [4.78, 5) is 24.7. The van der Waals surface area contributed by atoms with Crippen molar-refractivity contribution in [3.05, 3.63) is 48.7 Å². The fourth-order valence-corrected chi connectivity index (χ4v) is 4.78. The first-order chi connectivity index (χ1) is 19.3. The van der Waals surface area contributed by atoms with E-state index in [1.807, 2.05) is 6.07 Å². The zero-order valence-corrected chi connectivity index (χ0v) is 22.5. The summed E-state index contributed by atoms with van der Waals surface area (Å²) in [5.41, 5.74) is -0.262. The fraction of sp³-hybridized carbons (Fsp3) is 0.379. The molecule has 2 aliphatic rings. The van der Waals surface area contributed by atoms with E-state index in [-0.39, 0.29) is 40.8 Å². The van der Waals surface area contributed by atoms with Crippen molar-refractivity contribution >= 4 is 34.5 Å². The number of anilines is 2. The molecule has 2 N–H and O–H groups in total. The first-order valence-corrected chi connectivity index (χ1v) is 13.1. The van der Waals surface area contributed by atoms with Crippen LogP contribution in [0.5, 0.6) is 11.5 Å². The molecule has 0 spiro atoms. The number of benzene rings is 1. The molecule has 210 valence electrons. The Morgan fingerprint density at radius 3 is 2.55 bits per heavy atom. The SMILES string of the molecule is C=CC(=O)N=C[C@H]1COC[C@H]1Nc1cc2c(N[C@@H](C)C3CC3)nc(-c3c(F)c(OC)cc(OC)c3F)cc2cn1. The van der Waals surface area contributed by atoms with Gasteiger partial charge in [-0.3, -0.25) is 4.79 Å². The molecule has 3 aromatic rings. The molecule has 3 atom stereocenters. The summed E-state index contributed by atoms with van der Waals surface area (Å²) in [7, 11) is 2.61. The minimum atomic E-state index is -0.871. The molecule has 1 aliphatic heterocycles. The number of nitrogens with zero attached hydrogens (tertiary/aromatic N) is 3. The molecule has 0 radical (unpaired) electrons. The second-order valence-corrected chi connectivity index (χ2v) is 9.97. The molecule has 1 saturated carbocycles. The quantitative estimate of drug-likeness (QED) is 0.268. The van der Waals surface area contributed by atoms with Crippen LogP contribution in [0.25, 0.3) is 22.0 Å². The molecule has 3 heterocycles. The number of aliphatic imine (C=N–C) groups is 1. The van der Waals surface area contributed by atoms with E-state index in [1.54, 1.807) is 18.5 Å². The molecule has 40 heavy (non-hydrogen) atoms. The summed E-state index contributed by atoms with van der Waals surface area (Å²) in [5.74, 6) is -1.06. The van der Waals surface area contributed by atoms with E-state index in [0.717, 1.165) is 24.3 Å². The highest BCUT2D eigenvalue weighted by molar-refractivity contribution is 5.96. The van der Waals surface area contributed by atoms with Crippen LogP contribution >= 0.6 is 0 Å². The van der Waals surface area contributed by atoms with Gasteiger partial charge in [0, 0.05) is 41.2 Å². The van der Waals surface area contributed by atoms with E-state index < -0.39 is 17.5 Å². The lowest BCUT2D eigenvalue weighted by Gasteiger charge is -2.20. The van der Waals surface area contributed by atoms with Gasteiger partial charge in [0.1, 0.15) is 11.6 Å². The number of methoxy groups -OCH3 is 2. The number of amides is 1. The van der Waals surface area contributed by atoms with Crippen molar-refractivity contribution in [3.8, 4) is 22.8 Å². The van der Waals surface area contributed by atoms with Crippen LogP contribution in [0.3, 0.4) is 0 Å². The van der Waals surface area contributed by atoms with Gasteiger partial charge in [-0.25, -0.2) is 23.7 Å². The van der Waals surface area contributed by atoms with Gasteiger partial charge in [0.05, 0.1) is 44.7 Å². The number of rotatable bonds is 10. The third-order valence-corrected chi connectivity index (χ3v) is 7.26. The molecule has 11 heteroatoms. The highest BCUT2D eigenvalue weighted by Crippen LogP contribution is 2.40. The van der Waals surface area contributed by atoms with Gasteiger partial charge in [-0.05, 0) is 43.9 Å². The van der Waals surface area contributed by atoms with Gasteiger partial charge in [-0.2, -0.15) is 0 Å². The molecule has 2 aromatic heterocycles. The molecule has 1 saturated heterocycles. The van der Waals surface area contributed by atoms with Gasteiger partial charge in [-0.1, -0.05) is 6.58 Å². The Bertz CT molecular complexity index is 1450. The number of ether oxygens (including phenoxy) is 3. The van der Waals surface area contributed by atoms with E-state index in [9.17, 15) is 4.79 Å². The summed E-state index contributed by atoms with van der Waals surface area (Å²) in [6.45, 7) is 6.33. The number of fused-ring (bicyclic) bond motifs is 1. The Balaban J connectivity index is 1.55. The Morgan fingerprint density at radius 2 is 1.90 bits per heavy atom. The van der Waals surface area contributed by atoms with Gasteiger partial charge < -0.3 is 24.8 Å². The second-order valence-electron chi connectivity index (χ2n) is 9.97. The van der Waals surface area contributed by atoms with Crippen molar-refractivity contribution in [1.82, 2.24) is 9.97 Å². The van der Waals surface area contributed by atoms with Crippen LogP contribution in [0.2, 0.25) is 0 Å². The molecule has 1 amide bonds. The Kier molecular flexibility index (Phi) is 7.92. The van der Waals surface area contributed by atoms with Crippen LogP contribution in [0.4, 0.5) is 20.4 Å². The van der Waals surface area contributed by atoms with E-state index in [4.69, 9.17) is 14.2 Å². The lowest BCUT2D eigenvalue weighted by molar-refractivity contribution is -0.113. The minimum Gasteiger partial charge on any atom is -0.494 e. The predicted molar refractivity (Wildman–Crippen MR) is 149 cm³/mol. The number of nitrogens with one attached hydrogen (secondary N) is 2. The molecule has 0 bridgehead atoms. The number of carbonyl (C=O) groups is 1. The topological polar surface area (TPSA) is 107 Å². The summed E-state index contributed by atoms with van der Waals surface area (Å²) < 4.78 is 46.6. The maximum Gasteiger partial charge on any atom is 0.268 e. The van der Waals surface area contributed by atoms with Crippen LogP contribution in [-0.2, 0) is 9.53 Å². The lowest BCUT2D eigenvalue weighted by Crippen LogP contribution is -2.29. The molecule has 0 unspecified atom stereocenters. The van der Waals surface area contributed by atoms with Crippen molar-refractivity contribution < 1.29 is 27.8 Å². The lowest BCUT2D eigenvalue weighted by atomic mass is 10.0. The van der Waals surface area contributed by atoms with Crippen molar-refractivity contribution in [2.24, 2.45) is 16.8 Å². The second kappa shape index (κ2) is 11.5. The van der Waals surface area contributed by atoms with Crippen molar-refractivity contribution in [2.45, 2.75) is 31.8 Å². The average molecular weight is 552 g/mol. The van der Waals surface area contributed by atoms with Crippen molar-refractivity contribution in [1.29, 1.82) is 0 Å². The van der Waals surface area contributed by atoms with E-state index in [2.05, 4.69) is 39.1 Å². The maximum absolute atomic E-state index is 15.4. The Labute approximate surface area is 230 Å². The third-order valence-electron chi connectivity index (χ3n) is 7.26. The largest absolute Gasteiger partial charge is 0.494 e. The van der Waals surface area contributed by atoms with Crippen LogP contribution < -0.4 is 20.1 Å². The molecule has 2 fully saturated rings. The van der Waals surface area contributed by atoms with Crippen LogP contribution in [0.1, 0.15) is 19.8 Å². The zero-order chi connectivity index (χ0) is 28.4. The van der Waals surface area contributed by atoms with Gasteiger partial charge in [0.15, 0.2) is 23.1 Å². The van der Waals surface area contributed by atoms with E-state index >= 15 is 8.78 Å². The number of halogens is 2. The third kappa shape index (κ3) is 5.60. The number of hydrogen-bond donors (Lipinski definition) is 2. The molecule has 1 aliphatic carbocycles. The number of pyridine rings is 2. The van der Waals surface area contributed by atoms with E-state index in [0.29, 0.717) is 36.2 Å². The van der Waals surface area contributed by atoms with Crippen molar-refractivity contribution in [2.75, 3.05) is 38.1 Å². The van der Waals surface area contributed by atoms with Crippen LogP contribution in [0.15, 0.2) is 42.0 Å². The predicted octanol–water partition coefficient (Wildman–Crippen LogP) is 5.01. The first-order valence-electron chi connectivity index (χ1n) is 13.1. The Hall–Kier alpha value is -4.12. The highest BCUT2D eigenvalue weighted by Gasteiger charge is 2.30. The smallest absolute Gasteiger partial charge is 0.268 e. The van der Waals surface area contributed by atoms with E-state index in [1.165, 1.54) is 20.3 Å². The fourth-order valence-electron chi connectivity index (χ4n) is 4.78. The Morgan fingerprint density at radius 1 is 1.18 bits per heavy atom. The molecule has 5 rings (SSSR count). The van der Waals surface area contributed by atoms with Gasteiger partial charge >= 0.3 is 0 Å². The number of carbonyl (C=O) groups excluding carboxylic acids is 1. The number of aromatic nitrogens is 2. The molecule has 1 aromatic carbocycles. The van der Waals surface area contributed by atoms with Crippen LogP contribution in [-0.4, -0.2) is 61.6 Å². The summed E-state index contributed by atoms with van der Waals surface area (Å²) in [6, 6.07) is 4.55. The monoisotopic (exact) mass is 551 g/mol. The first kappa shape index (κ1) is 27.4. The molecular weight excluding hydrogens is 520 g/mol. The highest BCUT2D eigenvalue weighted by atomic mass is 19.1. The minimum absolute atomic E-state index is 0.0834. The van der Waals surface area contributed by atoms with Crippen molar-refractivity contribution in [3.63, 3.8) is 0 Å². The summed E-state index contributed by atoms with van der Waals surface area (Å²) in [5, 5.41) is 8.19. The van der Waals surface area contributed by atoms with Gasteiger partial charge in [0.2, 0.25) is 0 Å². The van der Waals surface area contributed by atoms with Crippen LogP contribution in [0, 0.1) is 23.5 Å². The maximum atomic E-state index is 15.4. The zero-order valence-electron chi connectivity index (χ0n) is 22.5. The summed E-state index contributed by atoms with van der Waals surface area (Å²) >= 11 is 0. The average Bonchev–Trinajstić information content (AvgIpc) is 3.72. The summed E-state index contributed by atoms with van der Waals surface area (Å²) in [6.07, 6.45) is 6.56. The molecule has 9 nitrogen and oxygen atoms in total. The van der Waals surface area contributed by atoms with Gasteiger partial charge in [-0.15, -0.1) is 0 Å². The molecular formula is C29H31F2N5O4. The van der Waals surface area contributed by atoms with Gasteiger partial charge in [0.25, 0.3) is 5.91 Å². The standard InChI is InChI=1S/C29H31F2N5O4/c1-5-25(37)33-12-18-13-40-14-21(18)35-24-9-19-17(11-32-24)8-20(36-29(19)34-15(2)16-6-7-16)26-27(30)22(38-3)10-23(39-4)28(26)31/h5,8-12,15-16,18,21H,1,6-7,13-14H2,2-4H3,(H,32,35)(H,34,36)/t15-,18-,21+/m0/s1. The normalized spacial score (nSPS) is 19.5.